The van der Waals surface area contributed by atoms with E-state index in [0.717, 1.165) is 27.8 Å². The predicted octanol–water partition coefficient (Wildman–Crippen LogP) is 4.54. The van der Waals surface area contributed by atoms with Gasteiger partial charge in [-0.15, -0.1) is 0 Å². The van der Waals surface area contributed by atoms with E-state index in [1.54, 1.807) is 19.2 Å². The first-order chi connectivity index (χ1) is 10.7. The summed E-state index contributed by atoms with van der Waals surface area (Å²) in [7, 11) is 1.66. The summed E-state index contributed by atoms with van der Waals surface area (Å²) < 4.78 is 5.23. The van der Waals surface area contributed by atoms with Crippen molar-refractivity contribution in [2.24, 2.45) is 10.7 Å². The van der Waals surface area contributed by atoms with Crippen LogP contribution < -0.4 is 10.5 Å². The van der Waals surface area contributed by atoms with Crippen LogP contribution in [0.4, 0.5) is 5.69 Å². The largest absolute Gasteiger partial charge is 0.497 e. The van der Waals surface area contributed by atoms with Crippen LogP contribution in [0.1, 0.15) is 5.56 Å². The highest BCUT2D eigenvalue weighted by molar-refractivity contribution is 6.30. The van der Waals surface area contributed by atoms with Crippen LogP contribution in [0.3, 0.4) is 0 Å². The molecule has 4 heteroatoms. The highest BCUT2D eigenvalue weighted by Crippen LogP contribution is 2.22. The molecule has 0 aliphatic heterocycles. The van der Waals surface area contributed by atoms with Gasteiger partial charge in [0, 0.05) is 10.6 Å². The zero-order chi connectivity index (χ0) is 15.5. The third kappa shape index (κ3) is 3.05. The maximum Gasteiger partial charge on any atom is 0.131 e. The molecule has 0 fully saturated rings. The van der Waals surface area contributed by atoms with Crippen molar-refractivity contribution in [3.05, 3.63) is 71.2 Å². The maximum absolute atomic E-state index is 6.10. The number of benzene rings is 3. The highest BCUT2D eigenvalue weighted by Gasteiger charge is 2.02. The number of hydrogen-bond acceptors (Lipinski definition) is 2. The third-order valence-corrected chi connectivity index (χ3v) is 3.67. The number of methoxy groups -OCH3 is 1. The summed E-state index contributed by atoms with van der Waals surface area (Å²) in [6, 6.07) is 19.2. The fraction of sp³-hybridized carbons (Fsp3) is 0.0556. The molecule has 22 heavy (non-hydrogen) atoms. The lowest BCUT2D eigenvalue weighted by molar-refractivity contribution is 0.415. The SMILES string of the molecule is COc1ccc2cc(C(N)=Nc3ccc(Cl)cc3)ccc2c1. The van der Waals surface area contributed by atoms with Crippen LogP contribution in [0.25, 0.3) is 10.8 Å². The summed E-state index contributed by atoms with van der Waals surface area (Å²) in [5.41, 5.74) is 7.76. The van der Waals surface area contributed by atoms with Gasteiger partial charge >= 0.3 is 0 Å². The molecule has 0 aromatic heterocycles. The van der Waals surface area contributed by atoms with Gasteiger partial charge in [-0.05, 0) is 53.2 Å². The molecule has 0 unspecified atom stereocenters. The maximum atomic E-state index is 6.10. The Morgan fingerprint density at radius 1 is 0.955 bits per heavy atom. The van der Waals surface area contributed by atoms with E-state index in [1.165, 1.54) is 0 Å². The molecule has 0 saturated carbocycles. The van der Waals surface area contributed by atoms with Gasteiger partial charge < -0.3 is 10.5 Å². The second kappa shape index (κ2) is 6.08. The van der Waals surface area contributed by atoms with Crippen LogP contribution >= 0.6 is 11.6 Å². The number of fused-ring (bicyclic) bond motifs is 1. The van der Waals surface area contributed by atoms with Crippen molar-refractivity contribution in [1.29, 1.82) is 0 Å². The number of nitrogens with two attached hydrogens (primary N) is 1. The standard InChI is InChI=1S/C18H15ClN2O/c1-22-17-9-4-12-10-14(3-2-13(12)11-17)18(20)21-16-7-5-15(19)6-8-16/h2-11H,1H3,(H2,20,21). The number of amidine groups is 1. The van der Waals surface area contributed by atoms with E-state index >= 15 is 0 Å². The molecule has 0 aliphatic rings. The third-order valence-electron chi connectivity index (χ3n) is 3.42. The van der Waals surface area contributed by atoms with Gasteiger partial charge in [-0.3, -0.25) is 0 Å². The van der Waals surface area contributed by atoms with Crippen LogP contribution in [0.5, 0.6) is 5.75 Å². The molecule has 0 spiro atoms. The van der Waals surface area contributed by atoms with Gasteiger partial charge in [-0.1, -0.05) is 29.8 Å². The predicted molar refractivity (Wildman–Crippen MR) is 92.3 cm³/mol. The number of rotatable bonds is 3. The quantitative estimate of drug-likeness (QED) is 0.570. The smallest absolute Gasteiger partial charge is 0.131 e. The Morgan fingerprint density at radius 2 is 1.64 bits per heavy atom. The van der Waals surface area contributed by atoms with Gasteiger partial charge in [-0.2, -0.15) is 0 Å². The molecule has 3 rings (SSSR count). The van der Waals surface area contributed by atoms with Crippen molar-refractivity contribution >= 4 is 33.9 Å². The first-order valence-electron chi connectivity index (χ1n) is 6.83. The van der Waals surface area contributed by atoms with Crippen LogP contribution in [-0.4, -0.2) is 12.9 Å². The Hall–Kier alpha value is -2.52. The van der Waals surface area contributed by atoms with Gasteiger partial charge in [0.05, 0.1) is 12.8 Å². The summed E-state index contributed by atoms with van der Waals surface area (Å²) in [6.07, 6.45) is 0. The molecule has 0 amide bonds. The van der Waals surface area contributed by atoms with Crippen LogP contribution in [-0.2, 0) is 0 Å². The minimum Gasteiger partial charge on any atom is -0.497 e. The molecule has 0 atom stereocenters. The van der Waals surface area contributed by atoms with E-state index in [9.17, 15) is 0 Å². The fourth-order valence-corrected chi connectivity index (χ4v) is 2.36. The molecule has 0 heterocycles. The number of nitrogens with zero attached hydrogens (tertiary/aromatic N) is 1. The highest BCUT2D eigenvalue weighted by atomic mass is 35.5. The normalized spacial score (nSPS) is 11.6. The van der Waals surface area contributed by atoms with Crippen molar-refractivity contribution in [2.75, 3.05) is 7.11 Å². The molecule has 0 radical (unpaired) electrons. The molecular weight excluding hydrogens is 296 g/mol. The lowest BCUT2D eigenvalue weighted by Crippen LogP contribution is -2.12. The number of ether oxygens (including phenoxy) is 1. The summed E-state index contributed by atoms with van der Waals surface area (Å²) in [6.45, 7) is 0. The Bertz CT molecular complexity index is 841. The number of hydrogen-bond donors (Lipinski definition) is 1. The van der Waals surface area contributed by atoms with Gasteiger partial charge in [0.15, 0.2) is 0 Å². The lowest BCUT2D eigenvalue weighted by Gasteiger charge is -2.06. The molecule has 3 aromatic carbocycles. The monoisotopic (exact) mass is 310 g/mol. The summed E-state index contributed by atoms with van der Waals surface area (Å²) >= 11 is 5.87. The van der Waals surface area contributed by atoms with Crippen molar-refractivity contribution in [3.63, 3.8) is 0 Å². The second-order valence-corrected chi connectivity index (χ2v) is 5.34. The minimum absolute atomic E-state index is 0.472. The molecule has 0 bridgehead atoms. The van der Waals surface area contributed by atoms with Gasteiger partial charge in [0.2, 0.25) is 0 Å². The van der Waals surface area contributed by atoms with E-state index in [0.29, 0.717) is 10.9 Å². The van der Waals surface area contributed by atoms with Crippen LogP contribution in [0.2, 0.25) is 5.02 Å². The van der Waals surface area contributed by atoms with Crippen molar-refractivity contribution in [3.8, 4) is 5.75 Å². The van der Waals surface area contributed by atoms with E-state index in [2.05, 4.69) is 4.99 Å². The van der Waals surface area contributed by atoms with Crippen molar-refractivity contribution in [1.82, 2.24) is 0 Å². The van der Waals surface area contributed by atoms with Gasteiger partial charge in [-0.25, -0.2) is 4.99 Å². The molecule has 3 nitrogen and oxygen atoms in total. The van der Waals surface area contributed by atoms with Crippen molar-refractivity contribution < 1.29 is 4.74 Å². The first kappa shape index (κ1) is 14.4. The van der Waals surface area contributed by atoms with E-state index in [-0.39, 0.29) is 0 Å². The first-order valence-corrected chi connectivity index (χ1v) is 7.21. The molecule has 2 N–H and O–H groups in total. The van der Waals surface area contributed by atoms with E-state index in [4.69, 9.17) is 22.1 Å². The lowest BCUT2D eigenvalue weighted by atomic mass is 10.1. The zero-order valence-electron chi connectivity index (χ0n) is 12.1. The Balaban J connectivity index is 1.96. The van der Waals surface area contributed by atoms with E-state index < -0.39 is 0 Å². The second-order valence-electron chi connectivity index (χ2n) is 4.90. The molecular formula is C18H15ClN2O. The summed E-state index contributed by atoms with van der Waals surface area (Å²) in [4.78, 5) is 4.42. The zero-order valence-corrected chi connectivity index (χ0v) is 12.8. The Morgan fingerprint density at radius 3 is 2.36 bits per heavy atom. The Labute approximate surface area is 134 Å². The summed E-state index contributed by atoms with van der Waals surface area (Å²) in [5.74, 6) is 1.31. The van der Waals surface area contributed by atoms with E-state index in [1.807, 2.05) is 48.5 Å². The molecule has 3 aromatic rings. The van der Waals surface area contributed by atoms with Crippen LogP contribution in [0.15, 0.2) is 65.7 Å². The minimum atomic E-state index is 0.472. The molecule has 0 saturated heterocycles. The number of aliphatic imine (C=N–C) groups is 1. The average Bonchev–Trinajstić information content (AvgIpc) is 2.56. The van der Waals surface area contributed by atoms with Crippen molar-refractivity contribution in [2.45, 2.75) is 0 Å². The molecule has 0 aliphatic carbocycles. The fourth-order valence-electron chi connectivity index (χ4n) is 2.23. The van der Waals surface area contributed by atoms with Gasteiger partial charge in [0.25, 0.3) is 0 Å². The number of halogens is 1. The molecule has 110 valence electrons. The topological polar surface area (TPSA) is 47.6 Å². The Kier molecular flexibility index (Phi) is 3.98. The average molecular weight is 311 g/mol. The van der Waals surface area contributed by atoms with Gasteiger partial charge in [0.1, 0.15) is 11.6 Å². The van der Waals surface area contributed by atoms with Crippen LogP contribution in [0, 0.1) is 0 Å². The summed E-state index contributed by atoms with van der Waals surface area (Å²) in [5, 5.41) is 2.87.